The van der Waals surface area contributed by atoms with Gasteiger partial charge in [-0.3, -0.25) is 9.59 Å². The SMILES string of the molecule is C[C@@H]1C[C@H]1C(=O)OCC(=O)NCc1ccccc1F. The zero-order chi connectivity index (χ0) is 13.8. The third-order valence-electron chi connectivity index (χ3n) is 3.19. The summed E-state index contributed by atoms with van der Waals surface area (Å²) >= 11 is 0. The Morgan fingerprint density at radius 2 is 2.11 bits per heavy atom. The Kier molecular flexibility index (Phi) is 4.14. The highest BCUT2D eigenvalue weighted by atomic mass is 19.1. The van der Waals surface area contributed by atoms with E-state index in [2.05, 4.69) is 5.32 Å². The number of hydrogen-bond acceptors (Lipinski definition) is 3. The van der Waals surface area contributed by atoms with Crippen molar-refractivity contribution >= 4 is 11.9 Å². The van der Waals surface area contributed by atoms with Gasteiger partial charge in [0.15, 0.2) is 6.61 Å². The van der Waals surface area contributed by atoms with E-state index < -0.39 is 5.91 Å². The summed E-state index contributed by atoms with van der Waals surface area (Å²) in [5.74, 6) is -0.821. The number of amides is 1. The van der Waals surface area contributed by atoms with E-state index in [4.69, 9.17) is 4.74 Å². The van der Waals surface area contributed by atoms with Crippen molar-refractivity contribution in [1.82, 2.24) is 5.32 Å². The summed E-state index contributed by atoms with van der Waals surface area (Å²) < 4.78 is 18.1. The second-order valence-corrected chi connectivity index (χ2v) is 4.80. The number of ether oxygens (including phenoxy) is 1. The van der Waals surface area contributed by atoms with E-state index in [-0.39, 0.29) is 30.9 Å². The average Bonchev–Trinajstić information content (AvgIpc) is 3.12. The van der Waals surface area contributed by atoms with Crippen LogP contribution in [0, 0.1) is 17.7 Å². The van der Waals surface area contributed by atoms with Gasteiger partial charge in [0, 0.05) is 12.1 Å². The number of halogens is 1. The van der Waals surface area contributed by atoms with Crippen LogP contribution in [-0.2, 0) is 20.9 Å². The second-order valence-electron chi connectivity index (χ2n) is 4.80. The van der Waals surface area contributed by atoms with Gasteiger partial charge in [-0.15, -0.1) is 0 Å². The molecule has 1 aliphatic rings. The fourth-order valence-electron chi connectivity index (χ4n) is 1.78. The molecule has 4 nitrogen and oxygen atoms in total. The summed E-state index contributed by atoms with van der Waals surface area (Å²) in [6.07, 6.45) is 0.829. The van der Waals surface area contributed by atoms with Crippen LogP contribution in [0.5, 0.6) is 0 Å². The average molecular weight is 265 g/mol. The molecule has 1 amide bonds. The molecule has 0 aliphatic heterocycles. The minimum atomic E-state index is -0.426. The third-order valence-corrected chi connectivity index (χ3v) is 3.19. The highest BCUT2D eigenvalue weighted by Gasteiger charge is 2.40. The van der Waals surface area contributed by atoms with Crippen molar-refractivity contribution in [1.29, 1.82) is 0 Å². The third kappa shape index (κ3) is 3.77. The summed E-state index contributed by atoms with van der Waals surface area (Å²) in [4.78, 5) is 22.8. The fraction of sp³-hybridized carbons (Fsp3) is 0.429. The van der Waals surface area contributed by atoms with Crippen LogP contribution in [-0.4, -0.2) is 18.5 Å². The molecule has 0 heterocycles. The lowest BCUT2D eigenvalue weighted by molar-refractivity contribution is -0.150. The van der Waals surface area contributed by atoms with E-state index in [1.807, 2.05) is 6.92 Å². The molecule has 1 saturated carbocycles. The molecule has 2 atom stereocenters. The van der Waals surface area contributed by atoms with Crippen LogP contribution in [0.3, 0.4) is 0 Å². The first-order valence-electron chi connectivity index (χ1n) is 6.24. The molecule has 1 aromatic rings. The minimum Gasteiger partial charge on any atom is -0.455 e. The van der Waals surface area contributed by atoms with Crippen molar-refractivity contribution in [2.45, 2.75) is 19.9 Å². The Hall–Kier alpha value is -1.91. The van der Waals surface area contributed by atoms with Gasteiger partial charge in [-0.1, -0.05) is 25.1 Å². The van der Waals surface area contributed by atoms with Gasteiger partial charge >= 0.3 is 5.97 Å². The zero-order valence-electron chi connectivity index (χ0n) is 10.7. The highest BCUT2D eigenvalue weighted by molar-refractivity contribution is 5.82. The van der Waals surface area contributed by atoms with Crippen LogP contribution < -0.4 is 5.32 Å². The number of rotatable bonds is 5. The molecule has 0 aromatic heterocycles. The van der Waals surface area contributed by atoms with Crippen LogP contribution in [0.1, 0.15) is 18.9 Å². The molecule has 0 saturated heterocycles. The lowest BCUT2D eigenvalue weighted by Crippen LogP contribution is -2.29. The van der Waals surface area contributed by atoms with Crippen LogP contribution in [0.4, 0.5) is 4.39 Å². The molecule has 0 bridgehead atoms. The van der Waals surface area contributed by atoms with E-state index in [9.17, 15) is 14.0 Å². The number of carbonyl (C=O) groups excluding carboxylic acids is 2. The van der Waals surface area contributed by atoms with Gasteiger partial charge in [-0.25, -0.2) is 4.39 Å². The van der Waals surface area contributed by atoms with E-state index in [1.54, 1.807) is 18.2 Å². The molecule has 1 N–H and O–H groups in total. The number of carbonyl (C=O) groups is 2. The van der Waals surface area contributed by atoms with Gasteiger partial charge in [0.05, 0.1) is 5.92 Å². The molecule has 102 valence electrons. The van der Waals surface area contributed by atoms with Gasteiger partial charge in [0.25, 0.3) is 5.91 Å². The van der Waals surface area contributed by atoms with E-state index in [1.165, 1.54) is 6.07 Å². The van der Waals surface area contributed by atoms with Crippen LogP contribution in [0.25, 0.3) is 0 Å². The largest absolute Gasteiger partial charge is 0.455 e. The summed E-state index contributed by atoms with van der Waals surface area (Å²) in [6, 6.07) is 6.20. The first-order chi connectivity index (χ1) is 9.08. The summed E-state index contributed by atoms with van der Waals surface area (Å²) in [5, 5.41) is 2.51. The summed E-state index contributed by atoms with van der Waals surface area (Å²) in [7, 11) is 0. The topological polar surface area (TPSA) is 55.4 Å². The molecule has 1 aromatic carbocycles. The van der Waals surface area contributed by atoms with Crippen molar-refractivity contribution in [2.24, 2.45) is 11.8 Å². The van der Waals surface area contributed by atoms with Crippen LogP contribution in [0.2, 0.25) is 0 Å². The zero-order valence-corrected chi connectivity index (χ0v) is 10.7. The molecule has 1 fully saturated rings. The summed E-state index contributed by atoms with van der Waals surface area (Å²) in [5.41, 5.74) is 0.401. The lowest BCUT2D eigenvalue weighted by Gasteiger charge is -2.07. The number of benzene rings is 1. The molecule has 5 heteroatoms. The second kappa shape index (κ2) is 5.82. The molecule has 19 heavy (non-hydrogen) atoms. The predicted octanol–water partition coefficient (Wildman–Crippen LogP) is 1.64. The van der Waals surface area contributed by atoms with Gasteiger partial charge < -0.3 is 10.1 Å². The van der Waals surface area contributed by atoms with Crippen molar-refractivity contribution in [2.75, 3.05) is 6.61 Å². The van der Waals surface area contributed by atoms with Crippen molar-refractivity contribution in [3.8, 4) is 0 Å². The molecule has 0 unspecified atom stereocenters. The molecule has 1 aliphatic carbocycles. The van der Waals surface area contributed by atoms with Crippen LogP contribution in [0.15, 0.2) is 24.3 Å². The maximum Gasteiger partial charge on any atom is 0.309 e. The van der Waals surface area contributed by atoms with Gasteiger partial charge in [-0.05, 0) is 18.4 Å². The predicted molar refractivity (Wildman–Crippen MR) is 66.5 cm³/mol. The van der Waals surface area contributed by atoms with Crippen molar-refractivity contribution < 1.29 is 18.7 Å². The molecular formula is C14H16FNO3. The Morgan fingerprint density at radius 3 is 2.74 bits per heavy atom. The Bertz CT molecular complexity index is 489. The van der Waals surface area contributed by atoms with Gasteiger partial charge in [-0.2, -0.15) is 0 Å². The maximum atomic E-state index is 13.3. The lowest BCUT2D eigenvalue weighted by atomic mass is 10.2. The first-order valence-corrected chi connectivity index (χ1v) is 6.24. The van der Waals surface area contributed by atoms with Crippen LogP contribution >= 0.6 is 0 Å². The minimum absolute atomic E-state index is 0.0561. The molecule has 0 spiro atoms. The quantitative estimate of drug-likeness (QED) is 0.823. The number of nitrogens with one attached hydrogen (secondary N) is 1. The smallest absolute Gasteiger partial charge is 0.309 e. The van der Waals surface area contributed by atoms with Crippen molar-refractivity contribution in [3.05, 3.63) is 35.6 Å². The monoisotopic (exact) mass is 265 g/mol. The Balaban J connectivity index is 1.70. The standard InChI is InChI=1S/C14H16FNO3/c1-9-6-11(9)14(18)19-8-13(17)16-7-10-4-2-3-5-12(10)15/h2-5,9,11H,6-8H2,1H3,(H,16,17)/t9-,11-/m1/s1. The summed E-state index contributed by atoms with van der Waals surface area (Å²) in [6.45, 7) is 1.74. The fourth-order valence-corrected chi connectivity index (χ4v) is 1.78. The van der Waals surface area contributed by atoms with E-state index in [0.717, 1.165) is 6.42 Å². The normalized spacial score (nSPS) is 20.7. The van der Waals surface area contributed by atoms with Gasteiger partial charge in [0.1, 0.15) is 5.82 Å². The van der Waals surface area contributed by atoms with E-state index in [0.29, 0.717) is 11.5 Å². The first kappa shape index (κ1) is 13.5. The number of hydrogen-bond donors (Lipinski definition) is 1. The number of esters is 1. The van der Waals surface area contributed by atoms with Crippen molar-refractivity contribution in [3.63, 3.8) is 0 Å². The molecule has 0 radical (unpaired) electrons. The Labute approximate surface area is 110 Å². The highest BCUT2D eigenvalue weighted by Crippen LogP contribution is 2.38. The van der Waals surface area contributed by atoms with Gasteiger partial charge in [0.2, 0.25) is 0 Å². The van der Waals surface area contributed by atoms with E-state index >= 15 is 0 Å². The Morgan fingerprint density at radius 1 is 1.42 bits per heavy atom. The maximum absolute atomic E-state index is 13.3. The molecule has 2 rings (SSSR count). The molecular weight excluding hydrogens is 249 g/mol.